The van der Waals surface area contributed by atoms with Crippen LogP contribution in [0.4, 0.5) is 11.5 Å². The van der Waals surface area contributed by atoms with Gasteiger partial charge in [0, 0.05) is 41.2 Å². The SMILES string of the molecule is Cc1nc(-c2ccc(NCc3ccccc3[N+](=O)[O-])nc2)[nH]c(=O)c1C. The lowest BCUT2D eigenvalue weighted by atomic mass is 10.2. The molecule has 0 saturated heterocycles. The van der Waals surface area contributed by atoms with Crippen LogP contribution in [0, 0.1) is 24.0 Å². The van der Waals surface area contributed by atoms with E-state index in [9.17, 15) is 14.9 Å². The van der Waals surface area contributed by atoms with Gasteiger partial charge in [0.2, 0.25) is 0 Å². The van der Waals surface area contributed by atoms with E-state index in [-0.39, 0.29) is 17.8 Å². The Balaban J connectivity index is 1.77. The van der Waals surface area contributed by atoms with Crippen LogP contribution in [0.3, 0.4) is 0 Å². The van der Waals surface area contributed by atoms with E-state index in [4.69, 9.17) is 0 Å². The lowest BCUT2D eigenvalue weighted by Gasteiger charge is -2.08. The first kappa shape index (κ1) is 17.3. The smallest absolute Gasteiger partial charge is 0.274 e. The van der Waals surface area contributed by atoms with Gasteiger partial charge in [-0.15, -0.1) is 0 Å². The molecule has 0 fully saturated rings. The molecule has 1 aromatic carbocycles. The van der Waals surface area contributed by atoms with E-state index in [1.54, 1.807) is 50.4 Å². The monoisotopic (exact) mass is 351 g/mol. The number of hydrogen-bond acceptors (Lipinski definition) is 6. The van der Waals surface area contributed by atoms with Gasteiger partial charge in [-0.1, -0.05) is 18.2 Å². The summed E-state index contributed by atoms with van der Waals surface area (Å²) >= 11 is 0. The zero-order valence-corrected chi connectivity index (χ0v) is 14.3. The molecule has 0 aliphatic rings. The number of aromatic amines is 1. The Morgan fingerprint density at radius 3 is 2.62 bits per heavy atom. The van der Waals surface area contributed by atoms with Crippen molar-refractivity contribution in [2.24, 2.45) is 0 Å². The van der Waals surface area contributed by atoms with Gasteiger partial charge in [-0.25, -0.2) is 9.97 Å². The number of anilines is 1. The zero-order chi connectivity index (χ0) is 18.7. The maximum Gasteiger partial charge on any atom is 0.274 e. The molecule has 3 rings (SSSR count). The summed E-state index contributed by atoms with van der Waals surface area (Å²) in [5, 5.41) is 14.1. The zero-order valence-electron chi connectivity index (χ0n) is 14.3. The van der Waals surface area contributed by atoms with Crippen molar-refractivity contribution < 1.29 is 4.92 Å². The van der Waals surface area contributed by atoms with Gasteiger partial charge in [-0.3, -0.25) is 14.9 Å². The molecule has 2 aromatic heterocycles. The second kappa shape index (κ2) is 7.14. The number of H-pyrrole nitrogens is 1. The van der Waals surface area contributed by atoms with Gasteiger partial charge >= 0.3 is 0 Å². The molecule has 2 N–H and O–H groups in total. The first-order valence-corrected chi connectivity index (χ1v) is 7.96. The molecule has 132 valence electrons. The molecular weight excluding hydrogens is 334 g/mol. The van der Waals surface area contributed by atoms with Gasteiger partial charge in [0.25, 0.3) is 11.2 Å². The summed E-state index contributed by atoms with van der Waals surface area (Å²) in [7, 11) is 0. The highest BCUT2D eigenvalue weighted by Gasteiger charge is 2.12. The number of nitro groups is 1. The number of para-hydroxylation sites is 1. The Kier molecular flexibility index (Phi) is 4.74. The molecule has 8 nitrogen and oxygen atoms in total. The molecule has 0 spiro atoms. The molecule has 0 radical (unpaired) electrons. The normalized spacial score (nSPS) is 10.5. The molecule has 0 aliphatic heterocycles. The minimum atomic E-state index is -0.407. The van der Waals surface area contributed by atoms with Crippen molar-refractivity contribution >= 4 is 11.5 Å². The van der Waals surface area contributed by atoms with Gasteiger partial charge in [-0.05, 0) is 26.0 Å². The Morgan fingerprint density at radius 2 is 1.96 bits per heavy atom. The third-order valence-electron chi connectivity index (χ3n) is 4.08. The van der Waals surface area contributed by atoms with E-state index in [2.05, 4.69) is 20.3 Å². The molecule has 0 atom stereocenters. The van der Waals surface area contributed by atoms with Crippen LogP contribution in [0.2, 0.25) is 0 Å². The van der Waals surface area contributed by atoms with Gasteiger partial charge in [0.15, 0.2) is 0 Å². The fourth-order valence-corrected chi connectivity index (χ4v) is 2.44. The maximum atomic E-state index is 11.9. The highest BCUT2D eigenvalue weighted by atomic mass is 16.6. The molecule has 0 aliphatic carbocycles. The summed E-state index contributed by atoms with van der Waals surface area (Å²) in [4.78, 5) is 33.9. The number of aromatic nitrogens is 3. The number of pyridine rings is 1. The van der Waals surface area contributed by atoms with Crippen LogP contribution in [-0.4, -0.2) is 19.9 Å². The van der Waals surface area contributed by atoms with Crippen LogP contribution in [0.15, 0.2) is 47.4 Å². The van der Waals surface area contributed by atoms with Crippen molar-refractivity contribution in [1.82, 2.24) is 15.0 Å². The van der Waals surface area contributed by atoms with Crippen LogP contribution in [0.1, 0.15) is 16.8 Å². The third-order valence-corrected chi connectivity index (χ3v) is 4.08. The van der Waals surface area contributed by atoms with Crippen molar-refractivity contribution in [2.45, 2.75) is 20.4 Å². The number of hydrogen-bond donors (Lipinski definition) is 2. The minimum Gasteiger partial charge on any atom is -0.366 e. The molecule has 0 amide bonds. The van der Waals surface area contributed by atoms with E-state index >= 15 is 0 Å². The van der Waals surface area contributed by atoms with E-state index in [1.165, 1.54) is 6.07 Å². The van der Waals surface area contributed by atoms with Gasteiger partial charge in [0.05, 0.1) is 4.92 Å². The average molecular weight is 351 g/mol. The summed E-state index contributed by atoms with van der Waals surface area (Å²) in [5.41, 5.74) is 2.40. The highest BCUT2D eigenvalue weighted by molar-refractivity contribution is 5.56. The number of benzene rings is 1. The van der Waals surface area contributed by atoms with Crippen LogP contribution >= 0.6 is 0 Å². The summed E-state index contributed by atoms with van der Waals surface area (Å²) in [5.74, 6) is 1.02. The average Bonchev–Trinajstić information content (AvgIpc) is 2.64. The molecule has 2 heterocycles. The molecule has 0 bridgehead atoms. The third kappa shape index (κ3) is 3.59. The summed E-state index contributed by atoms with van der Waals surface area (Å²) in [6.45, 7) is 3.78. The lowest BCUT2D eigenvalue weighted by molar-refractivity contribution is -0.385. The van der Waals surface area contributed by atoms with Crippen molar-refractivity contribution in [2.75, 3.05) is 5.32 Å². The number of nitrogens with zero attached hydrogens (tertiary/aromatic N) is 3. The van der Waals surface area contributed by atoms with Crippen LogP contribution in [0.5, 0.6) is 0 Å². The number of rotatable bonds is 5. The van der Waals surface area contributed by atoms with E-state index < -0.39 is 4.92 Å². The maximum absolute atomic E-state index is 11.9. The second-order valence-corrected chi connectivity index (χ2v) is 5.80. The molecule has 3 aromatic rings. The molecule has 0 unspecified atom stereocenters. The van der Waals surface area contributed by atoms with Crippen molar-refractivity contribution in [1.29, 1.82) is 0 Å². The van der Waals surface area contributed by atoms with Crippen LogP contribution in [-0.2, 0) is 6.54 Å². The predicted molar refractivity (Wildman–Crippen MR) is 98.0 cm³/mol. The fraction of sp³-hybridized carbons (Fsp3) is 0.167. The first-order valence-electron chi connectivity index (χ1n) is 7.96. The van der Waals surface area contributed by atoms with Crippen molar-refractivity contribution in [3.8, 4) is 11.4 Å². The van der Waals surface area contributed by atoms with Crippen LogP contribution in [0.25, 0.3) is 11.4 Å². The minimum absolute atomic E-state index is 0.0634. The Labute approximate surface area is 149 Å². The standard InChI is InChI=1S/C18H17N5O3/c1-11-12(2)21-17(22-18(11)24)14-7-8-16(20-10-14)19-9-13-5-3-4-6-15(13)23(25)26/h3-8,10H,9H2,1-2H3,(H,19,20)(H,21,22,24). The predicted octanol–water partition coefficient (Wildman–Crippen LogP) is 2.97. The fourth-order valence-electron chi connectivity index (χ4n) is 2.44. The van der Waals surface area contributed by atoms with Crippen LogP contribution < -0.4 is 10.9 Å². The van der Waals surface area contributed by atoms with Gasteiger partial charge in [-0.2, -0.15) is 0 Å². The molecule has 8 heteroatoms. The number of aryl methyl sites for hydroxylation is 1. The number of nitrogens with one attached hydrogen (secondary N) is 2. The highest BCUT2D eigenvalue weighted by Crippen LogP contribution is 2.20. The second-order valence-electron chi connectivity index (χ2n) is 5.80. The van der Waals surface area contributed by atoms with E-state index in [1.807, 2.05) is 0 Å². The van der Waals surface area contributed by atoms with Crippen molar-refractivity contribution in [3.63, 3.8) is 0 Å². The lowest BCUT2D eigenvalue weighted by Crippen LogP contribution is -2.14. The molecular formula is C18H17N5O3. The summed E-state index contributed by atoms with van der Waals surface area (Å²) < 4.78 is 0. The molecule has 0 saturated carbocycles. The Hall–Kier alpha value is -3.55. The summed E-state index contributed by atoms with van der Waals surface area (Å²) in [6.07, 6.45) is 1.59. The van der Waals surface area contributed by atoms with Crippen molar-refractivity contribution in [3.05, 3.63) is 79.9 Å². The Bertz CT molecular complexity index is 1010. The molecule has 26 heavy (non-hydrogen) atoms. The van der Waals surface area contributed by atoms with E-state index in [0.717, 1.165) is 0 Å². The van der Waals surface area contributed by atoms with Gasteiger partial charge < -0.3 is 10.3 Å². The summed E-state index contributed by atoms with van der Waals surface area (Å²) in [6, 6.07) is 10.1. The van der Waals surface area contributed by atoms with Gasteiger partial charge in [0.1, 0.15) is 11.6 Å². The van der Waals surface area contributed by atoms with E-state index in [0.29, 0.717) is 34.0 Å². The quantitative estimate of drug-likeness (QED) is 0.539. The first-order chi connectivity index (χ1) is 12.5. The number of nitro benzene ring substituents is 1. The largest absolute Gasteiger partial charge is 0.366 e. The topological polar surface area (TPSA) is 114 Å². The Morgan fingerprint density at radius 1 is 1.19 bits per heavy atom.